The van der Waals surface area contributed by atoms with E-state index in [1.807, 2.05) is 75.1 Å². The van der Waals surface area contributed by atoms with Crippen LogP contribution in [0.1, 0.15) is 74.0 Å². The van der Waals surface area contributed by atoms with Crippen LogP contribution in [-0.2, 0) is 0 Å². The minimum absolute atomic E-state index is 0.0113. The highest BCUT2D eigenvalue weighted by atomic mass is 16.5. The third-order valence-electron chi connectivity index (χ3n) is 5.78. The van der Waals surface area contributed by atoms with E-state index in [4.69, 9.17) is 4.74 Å². The van der Waals surface area contributed by atoms with E-state index in [9.17, 15) is 9.59 Å². The first-order valence-electron chi connectivity index (χ1n) is 11.6. The lowest BCUT2D eigenvalue weighted by Gasteiger charge is -2.33. The molecule has 2 aromatic carbocycles. The molecule has 6 nitrogen and oxygen atoms in total. The zero-order chi connectivity index (χ0) is 23.1. The van der Waals surface area contributed by atoms with Gasteiger partial charge in [-0.15, -0.1) is 0 Å². The van der Waals surface area contributed by atoms with Gasteiger partial charge in [0.05, 0.1) is 12.6 Å². The van der Waals surface area contributed by atoms with Gasteiger partial charge in [0.25, 0.3) is 5.91 Å². The van der Waals surface area contributed by atoms with Gasteiger partial charge in [0.1, 0.15) is 5.75 Å². The van der Waals surface area contributed by atoms with Crippen LogP contribution >= 0.6 is 0 Å². The number of piperidine rings is 1. The van der Waals surface area contributed by atoms with Crippen LogP contribution in [0.5, 0.6) is 5.75 Å². The maximum Gasteiger partial charge on any atom is 0.317 e. The van der Waals surface area contributed by atoms with Gasteiger partial charge in [-0.05, 0) is 75.9 Å². The Morgan fingerprint density at radius 2 is 1.84 bits per heavy atom. The molecule has 1 aliphatic heterocycles. The van der Waals surface area contributed by atoms with E-state index in [0.29, 0.717) is 18.7 Å². The summed E-state index contributed by atoms with van der Waals surface area (Å²) < 4.78 is 5.49. The van der Waals surface area contributed by atoms with Crippen molar-refractivity contribution in [2.24, 2.45) is 0 Å². The van der Waals surface area contributed by atoms with Gasteiger partial charge in [-0.1, -0.05) is 24.3 Å². The molecular formula is C26H35N3O3. The fraction of sp³-hybridized carbons (Fsp3) is 0.462. The fourth-order valence-electron chi connectivity index (χ4n) is 4.09. The fourth-order valence-corrected chi connectivity index (χ4v) is 4.09. The molecule has 1 aliphatic rings. The molecule has 3 amide bonds. The Morgan fingerprint density at radius 1 is 1.09 bits per heavy atom. The topological polar surface area (TPSA) is 70.7 Å². The van der Waals surface area contributed by atoms with E-state index in [2.05, 4.69) is 16.7 Å². The van der Waals surface area contributed by atoms with Crippen molar-refractivity contribution in [1.82, 2.24) is 15.5 Å². The first-order chi connectivity index (χ1) is 15.4. The Balaban J connectivity index is 1.64. The molecule has 1 heterocycles. The summed E-state index contributed by atoms with van der Waals surface area (Å²) in [5, 5.41) is 6.07. The molecule has 0 aromatic heterocycles. The average Bonchev–Trinajstić information content (AvgIpc) is 2.79. The first kappa shape index (κ1) is 23.6. The quantitative estimate of drug-likeness (QED) is 0.649. The smallest absolute Gasteiger partial charge is 0.317 e. The predicted molar refractivity (Wildman–Crippen MR) is 127 cm³/mol. The summed E-state index contributed by atoms with van der Waals surface area (Å²) in [6, 6.07) is 15.6. The third kappa shape index (κ3) is 6.25. The molecule has 1 fully saturated rings. The van der Waals surface area contributed by atoms with E-state index in [-0.39, 0.29) is 29.9 Å². The molecule has 2 N–H and O–H groups in total. The molecule has 1 saturated heterocycles. The molecule has 2 aromatic rings. The van der Waals surface area contributed by atoms with Gasteiger partial charge in [-0.2, -0.15) is 0 Å². The molecule has 6 heteroatoms. The normalized spacial score (nSPS) is 17.0. The van der Waals surface area contributed by atoms with Crippen molar-refractivity contribution in [3.63, 3.8) is 0 Å². The number of carbonyl (C=O) groups excluding carboxylic acids is 2. The van der Waals surface area contributed by atoms with Gasteiger partial charge in [-0.25, -0.2) is 4.79 Å². The first-order valence-corrected chi connectivity index (χ1v) is 11.6. The third-order valence-corrected chi connectivity index (χ3v) is 5.78. The number of likely N-dealkylation sites (tertiary alicyclic amines) is 1. The van der Waals surface area contributed by atoms with Gasteiger partial charge in [0.15, 0.2) is 0 Å². The highest BCUT2D eigenvalue weighted by molar-refractivity contribution is 5.94. The Morgan fingerprint density at radius 3 is 2.53 bits per heavy atom. The van der Waals surface area contributed by atoms with Crippen LogP contribution in [0.15, 0.2) is 48.5 Å². The zero-order valence-electron chi connectivity index (χ0n) is 19.6. The number of carbonyl (C=O) groups is 2. The highest BCUT2D eigenvalue weighted by Crippen LogP contribution is 2.28. The monoisotopic (exact) mass is 437 g/mol. The van der Waals surface area contributed by atoms with Crippen LogP contribution in [0.25, 0.3) is 0 Å². The molecular weight excluding hydrogens is 402 g/mol. The van der Waals surface area contributed by atoms with E-state index in [1.165, 1.54) is 0 Å². The van der Waals surface area contributed by atoms with Crippen molar-refractivity contribution in [2.45, 2.75) is 58.5 Å². The number of nitrogens with one attached hydrogen (secondary N) is 2. The van der Waals surface area contributed by atoms with Crippen molar-refractivity contribution in [3.8, 4) is 5.75 Å². The van der Waals surface area contributed by atoms with Crippen molar-refractivity contribution in [3.05, 3.63) is 65.2 Å². The van der Waals surface area contributed by atoms with Crippen LogP contribution in [0.4, 0.5) is 4.79 Å². The largest absolute Gasteiger partial charge is 0.494 e. The standard InChI is InChI=1S/C26H35N3O3/c1-5-32-24-13-11-20(12-14-24)19(4)28-25(30)22-9-6-8-21(16-22)23-10-7-15-29(17-23)26(31)27-18(2)3/h6,8-9,11-14,16,18-19,23H,5,7,10,15,17H2,1-4H3,(H,27,31)(H,28,30)/t19-,23+/m1/s1. The molecule has 0 unspecified atom stereocenters. The van der Waals surface area contributed by atoms with Crippen LogP contribution in [0.2, 0.25) is 0 Å². The second kappa shape index (κ2) is 11.0. The highest BCUT2D eigenvalue weighted by Gasteiger charge is 2.25. The lowest BCUT2D eigenvalue weighted by molar-refractivity contribution is 0.0939. The number of ether oxygens (including phenoxy) is 1. The lowest BCUT2D eigenvalue weighted by Crippen LogP contribution is -2.47. The molecule has 32 heavy (non-hydrogen) atoms. The molecule has 0 bridgehead atoms. The van der Waals surface area contributed by atoms with Gasteiger partial charge in [0.2, 0.25) is 0 Å². The maximum absolute atomic E-state index is 12.9. The molecule has 0 radical (unpaired) electrons. The SMILES string of the molecule is CCOc1ccc([C@@H](C)NC(=O)c2cccc([C@H]3CCCN(C(=O)NC(C)C)C3)c2)cc1. The Hall–Kier alpha value is -3.02. The summed E-state index contributed by atoms with van der Waals surface area (Å²) >= 11 is 0. The summed E-state index contributed by atoms with van der Waals surface area (Å²) in [7, 11) is 0. The van der Waals surface area contributed by atoms with Gasteiger partial charge in [-0.3, -0.25) is 4.79 Å². The molecule has 172 valence electrons. The number of benzene rings is 2. The average molecular weight is 438 g/mol. The number of hydrogen-bond acceptors (Lipinski definition) is 3. The van der Waals surface area contributed by atoms with E-state index in [1.54, 1.807) is 0 Å². The second-order valence-corrected chi connectivity index (χ2v) is 8.71. The van der Waals surface area contributed by atoms with Gasteiger partial charge in [0, 0.05) is 30.6 Å². The summed E-state index contributed by atoms with van der Waals surface area (Å²) in [4.78, 5) is 27.2. The number of nitrogens with zero attached hydrogens (tertiary/aromatic N) is 1. The molecule has 2 atom stereocenters. The maximum atomic E-state index is 12.9. The van der Waals surface area contributed by atoms with E-state index >= 15 is 0 Å². The molecule has 0 spiro atoms. The molecule has 3 rings (SSSR count). The van der Waals surface area contributed by atoms with Crippen molar-refractivity contribution in [1.29, 1.82) is 0 Å². The van der Waals surface area contributed by atoms with E-state index < -0.39 is 0 Å². The summed E-state index contributed by atoms with van der Waals surface area (Å²) in [5.41, 5.74) is 2.77. The van der Waals surface area contributed by atoms with E-state index in [0.717, 1.165) is 36.3 Å². The molecule has 0 saturated carbocycles. The summed E-state index contributed by atoms with van der Waals surface area (Å²) in [6.07, 6.45) is 1.97. The van der Waals surface area contributed by atoms with Crippen LogP contribution in [0.3, 0.4) is 0 Å². The van der Waals surface area contributed by atoms with Gasteiger partial charge >= 0.3 is 6.03 Å². The Kier molecular flexibility index (Phi) is 8.14. The van der Waals surface area contributed by atoms with Crippen LogP contribution < -0.4 is 15.4 Å². The Labute approximate surface area is 191 Å². The number of hydrogen-bond donors (Lipinski definition) is 2. The predicted octanol–water partition coefficient (Wildman–Crippen LogP) is 4.87. The summed E-state index contributed by atoms with van der Waals surface area (Å²) in [6.45, 7) is 9.94. The van der Waals surface area contributed by atoms with Crippen LogP contribution in [0, 0.1) is 0 Å². The van der Waals surface area contributed by atoms with Gasteiger partial charge < -0.3 is 20.3 Å². The minimum Gasteiger partial charge on any atom is -0.494 e. The zero-order valence-corrected chi connectivity index (χ0v) is 19.6. The summed E-state index contributed by atoms with van der Waals surface area (Å²) in [5.74, 6) is 0.961. The second-order valence-electron chi connectivity index (χ2n) is 8.71. The number of amides is 3. The van der Waals surface area contributed by atoms with Crippen molar-refractivity contribution >= 4 is 11.9 Å². The number of rotatable bonds is 7. The van der Waals surface area contributed by atoms with Crippen molar-refractivity contribution < 1.29 is 14.3 Å². The number of urea groups is 1. The minimum atomic E-state index is -0.119. The van der Waals surface area contributed by atoms with Crippen LogP contribution in [-0.4, -0.2) is 42.6 Å². The lowest BCUT2D eigenvalue weighted by atomic mass is 9.89. The molecule has 0 aliphatic carbocycles. The van der Waals surface area contributed by atoms with Crippen molar-refractivity contribution in [2.75, 3.05) is 19.7 Å². The Bertz CT molecular complexity index is 911.